The van der Waals surface area contributed by atoms with E-state index in [1.807, 2.05) is 0 Å². The lowest BCUT2D eigenvalue weighted by molar-refractivity contribution is -0.0888. The fourth-order valence-corrected chi connectivity index (χ4v) is 1.61. The van der Waals surface area contributed by atoms with Crippen molar-refractivity contribution < 1.29 is 13.2 Å². The molecule has 1 unspecified atom stereocenters. The van der Waals surface area contributed by atoms with Crippen molar-refractivity contribution in [2.45, 2.75) is 11.6 Å². The zero-order valence-electron chi connectivity index (χ0n) is 6.00. The molecule has 0 aromatic rings. The molecule has 1 rings (SSSR count). The first-order valence-corrected chi connectivity index (χ1v) is 4.34. The molecule has 0 fully saturated rings. The van der Waals surface area contributed by atoms with Crippen LogP contribution < -0.4 is 0 Å². The molecule has 0 aromatic carbocycles. The SMILES string of the molecule is FC(F)(F)C1=C(Cl)C(Cl)[CH]C(Cl)=C1. The van der Waals surface area contributed by atoms with Gasteiger partial charge >= 0.3 is 6.18 Å². The normalized spacial score (nSPS) is 24.8. The van der Waals surface area contributed by atoms with E-state index in [2.05, 4.69) is 0 Å². The van der Waals surface area contributed by atoms with Gasteiger partial charge in [-0.05, 0) is 6.08 Å². The van der Waals surface area contributed by atoms with Crippen LogP contribution in [0.2, 0.25) is 0 Å². The third-order valence-corrected chi connectivity index (χ3v) is 2.52. The van der Waals surface area contributed by atoms with Crippen molar-refractivity contribution in [3.05, 3.63) is 28.1 Å². The van der Waals surface area contributed by atoms with Gasteiger partial charge in [0.1, 0.15) is 0 Å². The number of hydrogen-bond donors (Lipinski definition) is 0. The topological polar surface area (TPSA) is 0 Å². The van der Waals surface area contributed by atoms with Gasteiger partial charge in [0, 0.05) is 16.5 Å². The van der Waals surface area contributed by atoms with Gasteiger partial charge in [-0.3, -0.25) is 0 Å². The van der Waals surface area contributed by atoms with Crippen LogP contribution in [0, 0.1) is 6.42 Å². The summed E-state index contributed by atoms with van der Waals surface area (Å²) in [6.07, 6.45) is -2.53. The fraction of sp³-hybridized carbons (Fsp3) is 0.286. The number of halogens is 6. The van der Waals surface area contributed by atoms with Crippen LogP contribution in [0.5, 0.6) is 0 Å². The molecule has 0 aliphatic heterocycles. The number of hydrogen-bond acceptors (Lipinski definition) is 0. The van der Waals surface area contributed by atoms with Crippen molar-refractivity contribution in [2.75, 3.05) is 0 Å². The van der Waals surface area contributed by atoms with Gasteiger partial charge in [0.25, 0.3) is 0 Å². The van der Waals surface area contributed by atoms with E-state index in [1.54, 1.807) is 0 Å². The van der Waals surface area contributed by atoms with Crippen LogP contribution >= 0.6 is 34.8 Å². The van der Waals surface area contributed by atoms with Gasteiger partial charge in [-0.2, -0.15) is 13.2 Å². The zero-order chi connectivity index (χ0) is 10.2. The highest BCUT2D eigenvalue weighted by atomic mass is 35.5. The molecule has 1 aliphatic carbocycles. The van der Waals surface area contributed by atoms with Crippen molar-refractivity contribution in [1.82, 2.24) is 0 Å². The minimum Gasteiger partial charge on any atom is -0.166 e. The van der Waals surface area contributed by atoms with Crippen molar-refractivity contribution >= 4 is 34.8 Å². The van der Waals surface area contributed by atoms with Gasteiger partial charge in [0.05, 0.1) is 11.0 Å². The maximum absolute atomic E-state index is 12.2. The van der Waals surface area contributed by atoms with E-state index in [-0.39, 0.29) is 5.03 Å². The van der Waals surface area contributed by atoms with Crippen molar-refractivity contribution in [1.29, 1.82) is 0 Å². The Balaban J connectivity index is 3.12. The molecule has 0 saturated carbocycles. The van der Waals surface area contributed by atoms with Gasteiger partial charge < -0.3 is 0 Å². The first-order chi connectivity index (χ1) is 5.82. The monoisotopic (exact) mass is 249 g/mol. The molecule has 0 bridgehead atoms. The van der Waals surface area contributed by atoms with Crippen LogP contribution in [-0.2, 0) is 0 Å². The summed E-state index contributed by atoms with van der Waals surface area (Å²) in [5.74, 6) is 0. The highest BCUT2D eigenvalue weighted by Crippen LogP contribution is 2.39. The van der Waals surface area contributed by atoms with E-state index in [4.69, 9.17) is 34.8 Å². The number of rotatable bonds is 0. The lowest BCUT2D eigenvalue weighted by atomic mass is 10.1. The summed E-state index contributed by atoms with van der Waals surface area (Å²) in [6, 6.07) is 0. The molecule has 0 saturated heterocycles. The van der Waals surface area contributed by atoms with E-state index in [0.29, 0.717) is 0 Å². The average Bonchev–Trinajstić information content (AvgIpc) is 1.94. The summed E-state index contributed by atoms with van der Waals surface area (Å²) in [5, 5.41) is -1.51. The van der Waals surface area contributed by atoms with Gasteiger partial charge in [0.15, 0.2) is 0 Å². The summed E-state index contributed by atoms with van der Waals surface area (Å²) in [6.45, 7) is 0. The molecule has 1 aliphatic rings. The van der Waals surface area contributed by atoms with Crippen molar-refractivity contribution in [2.24, 2.45) is 0 Å². The molecule has 73 valence electrons. The van der Waals surface area contributed by atoms with Crippen LogP contribution in [0.3, 0.4) is 0 Å². The fourth-order valence-electron chi connectivity index (χ4n) is 0.834. The van der Waals surface area contributed by atoms with Crippen molar-refractivity contribution in [3.63, 3.8) is 0 Å². The van der Waals surface area contributed by atoms with E-state index >= 15 is 0 Å². The van der Waals surface area contributed by atoms with Crippen LogP contribution in [-0.4, -0.2) is 11.6 Å². The second-order valence-electron chi connectivity index (χ2n) is 2.36. The third kappa shape index (κ3) is 2.55. The average molecular weight is 250 g/mol. The standard InChI is InChI=1S/C7H3Cl3F3/c8-3-1-4(7(11,12)13)6(10)5(9)2-3/h1-2,5H. The predicted octanol–water partition coefficient (Wildman–Crippen LogP) is 3.99. The summed E-state index contributed by atoms with van der Waals surface area (Å²) in [4.78, 5) is 0. The molecule has 0 heterocycles. The van der Waals surface area contributed by atoms with E-state index in [1.165, 1.54) is 6.42 Å². The molecule has 13 heavy (non-hydrogen) atoms. The summed E-state index contributed by atoms with van der Waals surface area (Å²) in [7, 11) is 0. The number of allylic oxidation sites excluding steroid dienone is 4. The Bertz CT molecular complexity index is 277. The Morgan fingerprint density at radius 3 is 2.23 bits per heavy atom. The first-order valence-electron chi connectivity index (χ1n) is 3.15. The molecule has 0 amide bonds. The molecular formula is C7H3Cl3F3. The molecule has 1 atom stereocenters. The van der Waals surface area contributed by atoms with E-state index in [9.17, 15) is 13.2 Å². The smallest absolute Gasteiger partial charge is 0.166 e. The molecule has 6 heteroatoms. The molecule has 1 radical (unpaired) electrons. The summed E-state index contributed by atoms with van der Waals surface area (Å²) >= 11 is 16.3. The molecule has 0 aromatic heterocycles. The second kappa shape index (κ2) is 3.71. The lowest BCUT2D eigenvalue weighted by Crippen LogP contribution is -2.18. The van der Waals surface area contributed by atoms with E-state index in [0.717, 1.165) is 6.08 Å². The predicted molar refractivity (Wildman–Crippen MR) is 46.8 cm³/mol. The Kier molecular flexibility index (Phi) is 3.20. The summed E-state index contributed by atoms with van der Waals surface area (Å²) in [5.41, 5.74) is -0.985. The van der Waals surface area contributed by atoms with Crippen molar-refractivity contribution in [3.8, 4) is 0 Å². The quantitative estimate of drug-likeness (QED) is 0.570. The molecule has 0 N–H and O–H groups in total. The Morgan fingerprint density at radius 2 is 1.77 bits per heavy atom. The largest absolute Gasteiger partial charge is 0.417 e. The molecule has 0 nitrogen and oxygen atoms in total. The third-order valence-electron chi connectivity index (χ3n) is 1.39. The van der Waals surface area contributed by atoms with Crippen LogP contribution in [0.15, 0.2) is 21.7 Å². The Morgan fingerprint density at radius 1 is 1.23 bits per heavy atom. The van der Waals surface area contributed by atoms with E-state index < -0.39 is 22.2 Å². The summed E-state index contributed by atoms with van der Waals surface area (Å²) < 4.78 is 36.7. The zero-order valence-corrected chi connectivity index (χ0v) is 8.27. The minimum absolute atomic E-state index is 0.0586. The molecular weight excluding hydrogens is 247 g/mol. The first kappa shape index (κ1) is 11.2. The Labute approximate surface area is 88.0 Å². The number of alkyl halides is 4. The lowest BCUT2D eigenvalue weighted by Gasteiger charge is -2.19. The Hall–Kier alpha value is 0.140. The van der Waals surface area contributed by atoms with Crippen LogP contribution in [0.25, 0.3) is 0 Å². The van der Waals surface area contributed by atoms with Gasteiger partial charge in [-0.25, -0.2) is 0 Å². The van der Waals surface area contributed by atoms with Crippen LogP contribution in [0.4, 0.5) is 13.2 Å². The van der Waals surface area contributed by atoms with Gasteiger partial charge in [0.2, 0.25) is 0 Å². The molecule has 0 spiro atoms. The van der Waals surface area contributed by atoms with Crippen LogP contribution in [0.1, 0.15) is 0 Å². The highest BCUT2D eigenvalue weighted by molar-refractivity contribution is 6.40. The maximum Gasteiger partial charge on any atom is 0.417 e. The minimum atomic E-state index is -4.52. The maximum atomic E-state index is 12.2. The van der Waals surface area contributed by atoms with Gasteiger partial charge in [-0.15, -0.1) is 11.6 Å². The van der Waals surface area contributed by atoms with Gasteiger partial charge in [-0.1, -0.05) is 23.2 Å². The highest BCUT2D eigenvalue weighted by Gasteiger charge is 2.38. The second-order valence-corrected chi connectivity index (χ2v) is 3.67.